The van der Waals surface area contributed by atoms with Gasteiger partial charge in [0.2, 0.25) is 0 Å². The standard InChI is InChI=1S/C17H29N3/c1-5-20-11-7-8-15(13-20)14(2)18-16-9-6-10-17(12-16)19(3)4/h6,9-10,12,14-15,18H,5,7-8,11,13H2,1-4H3. The number of likely N-dealkylation sites (tertiary alicyclic amines) is 1. The molecule has 0 amide bonds. The summed E-state index contributed by atoms with van der Waals surface area (Å²) in [5, 5.41) is 3.70. The molecule has 1 fully saturated rings. The number of nitrogens with zero attached hydrogens (tertiary/aromatic N) is 2. The molecule has 1 aliphatic rings. The Morgan fingerprint density at radius 2 is 2.20 bits per heavy atom. The summed E-state index contributed by atoms with van der Waals surface area (Å²) in [5.74, 6) is 0.756. The summed E-state index contributed by atoms with van der Waals surface area (Å²) in [6, 6.07) is 9.21. The van der Waals surface area contributed by atoms with Crippen LogP contribution in [0.1, 0.15) is 26.7 Å². The molecule has 1 saturated heterocycles. The maximum atomic E-state index is 3.70. The Kier molecular flexibility index (Phi) is 5.30. The summed E-state index contributed by atoms with van der Waals surface area (Å²) in [7, 11) is 4.17. The molecule has 20 heavy (non-hydrogen) atoms. The zero-order valence-corrected chi connectivity index (χ0v) is 13.4. The minimum Gasteiger partial charge on any atom is -0.382 e. The van der Waals surface area contributed by atoms with Crippen LogP contribution in [0.15, 0.2) is 24.3 Å². The molecule has 0 spiro atoms. The molecule has 2 rings (SSSR count). The van der Waals surface area contributed by atoms with Crippen molar-refractivity contribution < 1.29 is 0 Å². The van der Waals surface area contributed by atoms with Gasteiger partial charge in [-0.2, -0.15) is 0 Å². The molecule has 3 nitrogen and oxygen atoms in total. The molecule has 1 aliphatic heterocycles. The van der Waals surface area contributed by atoms with Crippen molar-refractivity contribution in [1.82, 2.24) is 4.90 Å². The Hall–Kier alpha value is -1.22. The van der Waals surface area contributed by atoms with Crippen molar-refractivity contribution in [2.45, 2.75) is 32.7 Å². The third-order valence-electron chi connectivity index (χ3n) is 4.45. The SMILES string of the molecule is CCN1CCCC(C(C)Nc2cccc(N(C)C)c2)C1. The van der Waals surface area contributed by atoms with Crippen molar-refractivity contribution in [2.24, 2.45) is 5.92 Å². The van der Waals surface area contributed by atoms with Gasteiger partial charge in [0.05, 0.1) is 0 Å². The first kappa shape index (κ1) is 15.2. The smallest absolute Gasteiger partial charge is 0.0381 e. The summed E-state index contributed by atoms with van der Waals surface area (Å²) in [5.41, 5.74) is 2.48. The van der Waals surface area contributed by atoms with Gasteiger partial charge >= 0.3 is 0 Å². The summed E-state index contributed by atoms with van der Waals surface area (Å²) >= 11 is 0. The zero-order chi connectivity index (χ0) is 14.5. The van der Waals surface area contributed by atoms with Gasteiger partial charge in [0.15, 0.2) is 0 Å². The Labute approximate surface area is 124 Å². The van der Waals surface area contributed by atoms with Gasteiger partial charge in [-0.15, -0.1) is 0 Å². The van der Waals surface area contributed by atoms with Gasteiger partial charge < -0.3 is 15.1 Å². The molecule has 112 valence electrons. The van der Waals surface area contributed by atoms with E-state index in [-0.39, 0.29) is 0 Å². The first-order valence-electron chi connectivity index (χ1n) is 7.86. The Morgan fingerprint density at radius 1 is 1.40 bits per heavy atom. The monoisotopic (exact) mass is 275 g/mol. The lowest BCUT2D eigenvalue weighted by atomic mass is 9.91. The Bertz CT molecular complexity index is 416. The first-order chi connectivity index (χ1) is 9.60. The van der Waals surface area contributed by atoms with E-state index >= 15 is 0 Å². The highest BCUT2D eigenvalue weighted by atomic mass is 15.1. The van der Waals surface area contributed by atoms with Crippen LogP contribution in [0.25, 0.3) is 0 Å². The average Bonchev–Trinajstić information content (AvgIpc) is 2.47. The molecule has 1 heterocycles. The van der Waals surface area contributed by atoms with E-state index in [1.807, 2.05) is 0 Å². The van der Waals surface area contributed by atoms with Crippen LogP contribution in [-0.4, -0.2) is 44.7 Å². The van der Waals surface area contributed by atoms with Crippen molar-refractivity contribution in [3.05, 3.63) is 24.3 Å². The number of anilines is 2. The van der Waals surface area contributed by atoms with Gasteiger partial charge in [0.1, 0.15) is 0 Å². The summed E-state index contributed by atoms with van der Waals surface area (Å²) in [6.45, 7) is 8.28. The van der Waals surface area contributed by atoms with Crippen molar-refractivity contribution in [3.63, 3.8) is 0 Å². The number of piperidine rings is 1. The zero-order valence-electron chi connectivity index (χ0n) is 13.4. The summed E-state index contributed by atoms with van der Waals surface area (Å²) in [4.78, 5) is 4.72. The lowest BCUT2D eigenvalue weighted by Crippen LogP contribution is -2.41. The molecule has 0 aromatic heterocycles. The largest absolute Gasteiger partial charge is 0.382 e. The highest BCUT2D eigenvalue weighted by Crippen LogP contribution is 2.24. The molecule has 1 N–H and O–H groups in total. The van der Waals surface area contributed by atoms with E-state index in [0.717, 1.165) is 5.92 Å². The number of rotatable bonds is 5. The fraction of sp³-hybridized carbons (Fsp3) is 0.647. The van der Waals surface area contributed by atoms with Crippen LogP contribution in [0.5, 0.6) is 0 Å². The first-order valence-corrected chi connectivity index (χ1v) is 7.86. The van der Waals surface area contributed by atoms with Crippen LogP contribution in [-0.2, 0) is 0 Å². The van der Waals surface area contributed by atoms with Crippen LogP contribution in [0.2, 0.25) is 0 Å². The molecule has 0 radical (unpaired) electrons. The highest BCUT2D eigenvalue weighted by molar-refractivity contribution is 5.57. The third kappa shape index (κ3) is 3.89. The topological polar surface area (TPSA) is 18.5 Å². The maximum Gasteiger partial charge on any atom is 0.0381 e. The van der Waals surface area contributed by atoms with Gasteiger partial charge in [-0.05, 0) is 57.0 Å². The predicted molar refractivity (Wildman–Crippen MR) is 88.7 cm³/mol. The van der Waals surface area contributed by atoms with E-state index in [4.69, 9.17) is 0 Å². The van der Waals surface area contributed by atoms with Gasteiger partial charge in [-0.3, -0.25) is 0 Å². The minimum absolute atomic E-state index is 0.529. The van der Waals surface area contributed by atoms with Crippen LogP contribution < -0.4 is 10.2 Å². The van der Waals surface area contributed by atoms with E-state index in [0.29, 0.717) is 6.04 Å². The minimum atomic E-state index is 0.529. The normalized spacial score (nSPS) is 21.5. The molecular weight excluding hydrogens is 246 g/mol. The second kappa shape index (κ2) is 6.98. The summed E-state index contributed by atoms with van der Waals surface area (Å²) in [6.07, 6.45) is 2.68. The predicted octanol–water partition coefficient (Wildman–Crippen LogP) is 3.28. The number of hydrogen-bond acceptors (Lipinski definition) is 3. The Morgan fingerprint density at radius 3 is 2.90 bits per heavy atom. The lowest BCUT2D eigenvalue weighted by molar-refractivity contribution is 0.172. The van der Waals surface area contributed by atoms with Gasteiger partial charge in [-0.1, -0.05) is 13.0 Å². The molecular formula is C17H29N3. The Balaban J connectivity index is 1.96. The van der Waals surface area contributed by atoms with E-state index in [1.165, 1.54) is 43.9 Å². The molecule has 0 aliphatic carbocycles. The van der Waals surface area contributed by atoms with E-state index in [1.54, 1.807) is 0 Å². The second-order valence-corrected chi connectivity index (χ2v) is 6.17. The maximum absolute atomic E-state index is 3.70. The van der Waals surface area contributed by atoms with Crippen molar-refractivity contribution in [1.29, 1.82) is 0 Å². The molecule has 0 bridgehead atoms. The molecule has 1 aromatic rings. The van der Waals surface area contributed by atoms with Crippen molar-refractivity contribution >= 4 is 11.4 Å². The fourth-order valence-corrected chi connectivity index (χ4v) is 3.04. The van der Waals surface area contributed by atoms with Gasteiger partial charge in [-0.25, -0.2) is 0 Å². The van der Waals surface area contributed by atoms with E-state index < -0.39 is 0 Å². The van der Waals surface area contributed by atoms with Crippen molar-refractivity contribution in [3.8, 4) is 0 Å². The second-order valence-electron chi connectivity index (χ2n) is 6.17. The quantitative estimate of drug-likeness (QED) is 0.889. The van der Waals surface area contributed by atoms with Crippen molar-refractivity contribution in [2.75, 3.05) is 43.9 Å². The highest BCUT2D eigenvalue weighted by Gasteiger charge is 2.23. The third-order valence-corrected chi connectivity index (χ3v) is 4.45. The fourth-order valence-electron chi connectivity index (χ4n) is 3.04. The average molecular weight is 275 g/mol. The molecule has 2 unspecified atom stereocenters. The van der Waals surface area contributed by atoms with E-state index in [2.05, 4.69) is 67.3 Å². The van der Waals surface area contributed by atoms with Crippen LogP contribution in [0.4, 0.5) is 11.4 Å². The number of hydrogen-bond donors (Lipinski definition) is 1. The summed E-state index contributed by atoms with van der Waals surface area (Å²) < 4.78 is 0. The molecule has 3 heteroatoms. The van der Waals surface area contributed by atoms with Crippen LogP contribution >= 0.6 is 0 Å². The molecule has 1 aromatic carbocycles. The number of nitrogens with one attached hydrogen (secondary N) is 1. The molecule has 0 saturated carbocycles. The van der Waals surface area contributed by atoms with Gasteiger partial charge in [0.25, 0.3) is 0 Å². The lowest BCUT2D eigenvalue weighted by Gasteiger charge is -2.35. The number of benzene rings is 1. The van der Waals surface area contributed by atoms with Crippen LogP contribution in [0.3, 0.4) is 0 Å². The molecule has 2 atom stereocenters. The van der Waals surface area contributed by atoms with E-state index in [9.17, 15) is 0 Å². The van der Waals surface area contributed by atoms with Gasteiger partial charge in [0, 0.05) is 38.1 Å². The van der Waals surface area contributed by atoms with Crippen LogP contribution in [0, 0.1) is 5.92 Å².